The minimum Gasteiger partial charge on any atom is -0.417 e. The van der Waals surface area contributed by atoms with Crippen LogP contribution in [0.5, 0.6) is 0 Å². The fraction of sp³-hybridized carbons (Fsp3) is 0.136. The molecule has 0 fully saturated rings. The average molecular weight is 404 g/mol. The van der Waals surface area contributed by atoms with Crippen LogP contribution in [0.25, 0.3) is 27.3 Å². The molecular formula is C22H20N4O2S. The summed E-state index contributed by atoms with van der Waals surface area (Å²) in [6.07, 6.45) is 1.64. The summed E-state index contributed by atoms with van der Waals surface area (Å²) < 4.78 is 8.60. The summed E-state index contributed by atoms with van der Waals surface area (Å²) in [7, 11) is 0. The van der Waals surface area contributed by atoms with Gasteiger partial charge in [0.15, 0.2) is 0 Å². The largest absolute Gasteiger partial charge is 0.417 e. The van der Waals surface area contributed by atoms with E-state index in [0.29, 0.717) is 23.7 Å². The molecule has 0 aliphatic heterocycles. The normalized spacial score (nSPS) is 11.4. The number of hydrogen-bond donors (Lipinski definition) is 1. The van der Waals surface area contributed by atoms with Crippen LogP contribution < -0.4 is 5.32 Å². The predicted molar refractivity (Wildman–Crippen MR) is 115 cm³/mol. The molecule has 0 aliphatic rings. The topological polar surface area (TPSA) is 72.4 Å². The first-order valence-corrected chi connectivity index (χ1v) is 10.1. The SMILES string of the molecule is Cc1ccc2scc(CNC(=O)c3ccc(-c4nn5c(C)ncc5o4)cc3)c2c1.[HH]. The van der Waals surface area contributed by atoms with Crippen molar-refractivity contribution >= 4 is 33.0 Å². The van der Waals surface area contributed by atoms with E-state index in [1.54, 1.807) is 34.2 Å². The fourth-order valence-electron chi connectivity index (χ4n) is 3.31. The van der Waals surface area contributed by atoms with Gasteiger partial charge in [0.2, 0.25) is 11.6 Å². The Hall–Kier alpha value is -3.45. The van der Waals surface area contributed by atoms with Crippen molar-refractivity contribution in [3.05, 3.63) is 76.6 Å². The molecule has 1 N–H and O–H groups in total. The standard InChI is InChI=1S/C22H18N4O2S.H2/c1-13-3-8-19-18(9-13)17(12-29-19)10-24-21(27)15-4-6-16(7-5-15)22-25-26-14(2)23-11-20(26)28-22;/h3-9,11-12H,10H2,1-2H3,(H,24,27);1H. The van der Waals surface area contributed by atoms with Gasteiger partial charge in [0.25, 0.3) is 5.91 Å². The number of carbonyl (C=O) groups is 1. The van der Waals surface area contributed by atoms with Gasteiger partial charge in [0.05, 0.1) is 6.20 Å². The lowest BCUT2D eigenvalue weighted by atomic mass is 10.1. The summed E-state index contributed by atoms with van der Waals surface area (Å²) in [5, 5.41) is 10.7. The fourth-order valence-corrected chi connectivity index (χ4v) is 4.25. The minimum atomic E-state index is -0.107. The van der Waals surface area contributed by atoms with E-state index in [-0.39, 0.29) is 7.33 Å². The predicted octanol–water partition coefficient (Wildman–Crippen LogP) is 5.00. The summed E-state index contributed by atoms with van der Waals surface area (Å²) in [5.41, 5.74) is 4.36. The molecule has 5 aromatic rings. The number of amides is 1. The Morgan fingerprint density at radius 3 is 2.83 bits per heavy atom. The Balaban J connectivity index is 0.00000218. The smallest absolute Gasteiger partial charge is 0.251 e. The molecule has 0 saturated carbocycles. The average Bonchev–Trinajstić information content (AvgIpc) is 3.42. The van der Waals surface area contributed by atoms with Gasteiger partial charge in [0.1, 0.15) is 5.82 Å². The molecule has 0 atom stereocenters. The van der Waals surface area contributed by atoms with E-state index in [9.17, 15) is 4.79 Å². The second kappa shape index (κ2) is 6.86. The van der Waals surface area contributed by atoms with Crippen molar-refractivity contribution in [3.8, 4) is 11.5 Å². The van der Waals surface area contributed by atoms with Crippen LogP contribution >= 0.6 is 11.3 Å². The van der Waals surface area contributed by atoms with Crippen molar-refractivity contribution in [2.45, 2.75) is 20.4 Å². The maximum atomic E-state index is 12.6. The van der Waals surface area contributed by atoms with Gasteiger partial charge in [-0.2, -0.15) is 4.52 Å². The van der Waals surface area contributed by atoms with Crippen molar-refractivity contribution in [1.29, 1.82) is 0 Å². The quantitative estimate of drug-likeness (QED) is 0.458. The number of nitrogens with one attached hydrogen (secondary N) is 1. The van der Waals surface area contributed by atoms with Crippen molar-refractivity contribution in [1.82, 2.24) is 19.9 Å². The van der Waals surface area contributed by atoms with E-state index in [0.717, 1.165) is 17.0 Å². The molecule has 2 aromatic carbocycles. The zero-order valence-corrected chi connectivity index (χ0v) is 16.8. The Morgan fingerprint density at radius 1 is 1.21 bits per heavy atom. The lowest BCUT2D eigenvalue weighted by Crippen LogP contribution is -2.22. The van der Waals surface area contributed by atoms with Crippen LogP contribution in [0, 0.1) is 13.8 Å². The van der Waals surface area contributed by atoms with Crippen molar-refractivity contribution in [3.63, 3.8) is 0 Å². The maximum Gasteiger partial charge on any atom is 0.251 e. The molecule has 5 rings (SSSR count). The highest BCUT2D eigenvalue weighted by atomic mass is 32.1. The van der Waals surface area contributed by atoms with E-state index in [1.807, 2.05) is 19.1 Å². The summed E-state index contributed by atoms with van der Waals surface area (Å²) in [6, 6.07) is 13.6. The Bertz CT molecular complexity index is 1350. The van der Waals surface area contributed by atoms with Crippen LogP contribution in [0.2, 0.25) is 0 Å². The first-order chi connectivity index (χ1) is 14.1. The molecule has 0 unspecified atom stereocenters. The highest BCUT2D eigenvalue weighted by Crippen LogP contribution is 2.27. The van der Waals surface area contributed by atoms with E-state index < -0.39 is 0 Å². The summed E-state index contributed by atoms with van der Waals surface area (Å²) in [5.74, 6) is 1.16. The number of aryl methyl sites for hydroxylation is 2. The van der Waals surface area contributed by atoms with Crippen molar-refractivity contribution in [2.75, 3.05) is 0 Å². The number of benzene rings is 2. The van der Waals surface area contributed by atoms with Crippen LogP contribution in [-0.2, 0) is 6.54 Å². The molecule has 0 radical (unpaired) electrons. The zero-order chi connectivity index (χ0) is 20.0. The van der Waals surface area contributed by atoms with Gasteiger partial charge in [-0.25, -0.2) is 4.98 Å². The third kappa shape index (κ3) is 3.19. The van der Waals surface area contributed by atoms with Crippen LogP contribution in [-0.4, -0.2) is 20.5 Å². The number of hydrogen-bond acceptors (Lipinski definition) is 5. The number of aromatic nitrogens is 3. The van der Waals surface area contributed by atoms with Gasteiger partial charge in [-0.3, -0.25) is 4.79 Å². The highest BCUT2D eigenvalue weighted by molar-refractivity contribution is 7.17. The van der Waals surface area contributed by atoms with Crippen LogP contribution in [0.3, 0.4) is 0 Å². The second-order valence-corrected chi connectivity index (χ2v) is 7.89. The number of rotatable bonds is 4. The molecular weight excluding hydrogens is 384 g/mol. The van der Waals surface area contributed by atoms with Crippen LogP contribution in [0.4, 0.5) is 0 Å². The molecule has 146 valence electrons. The zero-order valence-electron chi connectivity index (χ0n) is 16.0. The summed E-state index contributed by atoms with van der Waals surface area (Å²) >= 11 is 1.70. The summed E-state index contributed by atoms with van der Waals surface area (Å²) in [6.45, 7) is 4.44. The molecule has 0 bridgehead atoms. The summed E-state index contributed by atoms with van der Waals surface area (Å²) in [4.78, 5) is 16.7. The molecule has 29 heavy (non-hydrogen) atoms. The van der Waals surface area contributed by atoms with Gasteiger partial charge in [-0.05, 0) is 60.5 Å². The molecule has 6 nitrogen and oxygen atoms in total. The molecule has 3 heterocycles. The van der Waals surface area contributed by atoms with Crippen LogP contribution in [0.15, 0.2) is 58.5 Å². The molecule has 0 spiro atoms. The number of fused-ring (bicyclic) bond motifs is 2. The number of thiophene rings is 1. The van der Waals surface area contributed by atoms with Crippen molar-refractivity contribution < 1.29 is 10.6 Å². The highest BCUT2D eigenvalue weighted by Gasteiger charge is 2.12. The van der Waals surface area contributed by atoms with E-state index in [4.69, 9.17) is 4.42 Å². The van der Waals surface area contributed by atoms with Crippen molar-refractivity contribution in [2.24, 2.45) is 0 Å². The number of imidazole rings is 1. The molecule has 7 heteroatoms. The molecule has 0 saturated heterocycles. The minimum absolute atomic E-state index is 0. The molecule has 1 amide bonds. The van der Waals surface area contributed by atoms with Crippen LogP contribution in [0.1, 0.15) is 28.7 Å². The van der Waals surface area contributed by atoms with E-state index in [2.05, 4.69) is 45.9 Å². The van der Waals surface area contributed by atoms with E-state index >= 15 is 0 Å². The Labute approximate surface area is 172 Å². The lowest BCUT2D eigenvalue weighted by molar-refractivity contribution is 0.0951. The third-order valence-electron chi connectivity index (χ3n) is 4.91. The van der Waals surface area contributed by atoms with Gasteiger partial charge in [0, 0.05) is 23.8 Å². The maximum absolute atomic E-state index is 12.6. The third-order valence-corrected chi connectivity index (χ3v) is 5.92. The first-order valence-electron chi connectivity index (χ1n) is 9.25. The Morgan fingerprint density at radius 2 is 2.03 bits per heavy atom. The van der Waals surface area contributed by atoms with Gasteiger partial charge < -0.3 is 9.73 Å². The van der Waals surface area contributed by atoms with Gasteiger partial charge in [-0.15, -0.1) is 16.4 Å². The first kappa shape index (κ1) is 17.6. The second-order valence-electron chi connectivity index (χ2n) is 6.98. The molecule has 0 aliphatic carbocycles. The molecule has 3 aromatic heterocycles. The number of nitrogens with zero attached hydrogens (tertiary/aromatic N) is 3. The van der Waals surface area contributed by atoms with E-state index in [1.165, 1.54) is 15.6 Å². The monoisotopic (exact) mass is 404 g/mol. The van der Waals surface area contributed by atoms with Gasteiger partial charge in [-0.1, -0.05) is 17.7 Å². The Kier molecular flexibility index (Phi) is 4.17. The lowest BCUT2D eigenvalue weighted by Gasteiger charge is -2.06. The number of carbonyl (C=O) groups excluding carboxylic acids is 1. The van der Waals surface area contributed by atoms with Gasteiger partial charge >= 0.3 is 0 Å².